The number of aromatic nitrogens is 1. The molecule has 0 atom stereocenters. The summed E-state index contributed by atoms with van der Waals surface area (Å²) in [7, 11) is 0. The van der Waals surface area contributed by atoms with Crippen LogP contribution in [0.2, 0.25) is 0 Å². The summed E-state index contributed by atoms with van der Waals surface area (Å²) in [6.07, 6.45) is 1.80. The number of fused-ring (bicyclic) bond motifs is 1. The van der Waals surface area contributed by atoms with E-state index in [0.717, 1.165) is 10.9 Å². The summed E-state index contributed by atoms with van der Waals surface area (Å²) in [6, 6.07) is 10.7. The molecule has 1 aromatic carbocycles. The van der Waals surface area contributed by atoms with Crippen LogP contribution in [0, 0.1) is 6.07 Å². The Hall–Kier alpha value is 0.994. The SMILES string of the molecule is [K+].[Li+].[c-]1ccc2[n-]ccc2c1. The number of hydrogen-bond acceptors (Lipinski definition) is 0. The van der Waals surface area contributed by atoms with Crippen LogP contribution in [0.4, 0.5) is 0 Å². The van der Waals surface area contributed by atoms with E-state index in [9.17, 15) is 0 Å². The molecule has 1 heterocycles. The van der Waals surface area contributed by atoms with Gasteiger partial charge in [-0.25, -0.2) is 5.52 Å². The van der Waals surface area contributed by atoms with Crippen LogP contribution in [-0.2, 0) is 0 Å². The van der Waals surface area contributed by atoms with Crippen LogP contribution in [0.25, 0.3) is 10.9 Å². The van der Waals surface area contributed by atoms with E-state index >= 15 is 0 Å². The smallest absolute Gasteiger partial charge is 0.685 e. The monoisotopic (exact) mass is 161 g/mol. The van der Waals surface area contributed by atoms with Crippen molar-refractivity contribution >= 4 is 10.9 Å². The summed E-state index contributed by atoms with van der Waals surface area (Å²) in [4.78, 5) is 4.10. The van der Waals surface area contributed by atoms with E-state index in [1.807, 2.05) is 24.3 Å². The molecule has 0 aliphatic rings. The minimum atomic E-state index is 0. The third-order valence-electron chi connectivity index (χ3n) is 1.34. The van der Waals surface area contributed by atoms with Crippen LogP contribution in [0.3, 0.4) is 0 Å². The van der Waals surface area contributed by atoms with Crippen molar-refractivity contribution in [2.75, 3.05) is 0 Å². The van der Waals surface area contributed by atoms with E-state index in [2.05, 4.69) is 11.1 Å². The first-order valence-electron chi connectivity index (χ1n) is 2.84. The van der Waals surface area contributed by atoms with Crippen molar-refractivity contribution in [1.29, 1.82) is 0 Å². The number of nitrogens with zero attached hydrogens (tertiary/aromatic N) is 1. The number of rotatable bonds is 0. The molecule has 0 aliphatic carbocycles. The first kappa shape index (κ1) is 12.0. The molecule has 1 aromatic heterocycles. The van der Waals surface area contributed by atoms with Gasteiger partial charge in [-0.05, 0) is 0 Å². The molecule has 0 spiro atoms. The first-order valence-corrected chi connectivity index (χ1v) is 2.84. The van der Waals surface area contributed by atoms with Crippen molar-refractivity contribution in [2.24, 2.45) is 0 Å². The molecule has 0 saturated heterocycles. The Morgan fingerprint density at radius 1 is 1.27 bits per heavy atom. The second-order valence-corrected chi connectivity index (χ2v) is 1.93. The van der Waals surface area contributed by atoms with E-state index in [1.165, 1.54) is 0 Å². The predicted molar refractivity (Wildman–Crippen MR) is 36.1 cm³/mol. The Morgan fingerprint density at radius 2 is 2.09 bits per heavy atom. The molecule has 0 bridgehead atoms. The van der Waals surface area contributed by atoms with Gasteiger partial charge in [0.2, 0.25) is 0 Å². The molecule has 44 valence electrons. The largest absolute Gasteiger partial charge is 1.00 e. The van der Waals surface area contributed by atoms with Gasteiger partial charge in [-0.3, -0.25) is 0 Å². The molecule has 0 N–H and O–H groups in total. The maximum Gasteiger partial charge on any atom is 1.00 e. The van der Waals surface area contributed by atoms with Gasteiger partial charge < -0.3 is 4.98 Å². The van der Waals surface area contributed by atoms with Gasteiger partial charge in [0.25, 0.3) is 0 Å². The van der Waals surface area contributed by atoms with Crippen LogP contribution in [-0.4, -0.2) is 0 Å². The third-order valence-corrected chi connectivity index (χ3v) is 1.34. The third kappa shape index (κ3) is 2.75. The van der Waals surface area contributed by atoms with Gasteiger partial charge in [-0.2, -0.15) is 35.8 Å². The zero-order chi connectivity index (χ0) is 6.10. The van der Waals surface area contributed by atoms with E-state index in [1.54, 1.807) is 6.20 Å². The molecule has 0 amide bonds. The Bertz CT molecular complexity index is 288. The molecular formula is C8H5KLiN. The van der Waals surface area contributed by atoms with Crippen molar-refractivity contribution in [1.82, 2.24) is 4.98 Å². The molecule has 3 heteroatoms. The summed E-state index contributed by atoms with van der Waals surface area (Å²) in [6.45, 7) is 0. The molecule has 0 saturated carbocycles. The molecule has 0 aliphatic heterocycles. The van der Waals surface area contributed by atoms with Crippen LogP contribution < -0.4 is 75.2 Å². The van der Waals surface area contributed by atoms with Crippen molar-refractivity contribution in [3.8, 4) is 0 Å². The van der Waals surface area contributed by atoms with Crippen molar-refractivity contribution in [2.45, 2.75) is 0 Å². The van der Waals surface area contributed by atoms with Gasteiger partial charge in [0.05, 0.1) is 0 Å². The molecule has 11 heavy (non-hydrogen) atoms. The summed E-state index contributed by atoms with van der Waals surface area (Å²) in [5, 5.41) is 1.16. The molecule has 1 nitrogen and oxygen atoms in total. The molecule has 2 aromatic rings. The van der Waals surface area contributed by atoms with E-state index < -0.39 is 0 Å². The molecule has 2 rings (SSSR count). The molecule has 0 radical (unpaired) electrons. The zero-order valence-electron chi connectivity index (χ0n) is 6.83. The standard InChI is InChI=1S/C8H5N.K.Li/c1-2-4-8-7(3-1)5-6-9-8;;/h2-6H;;/q-2;2*+1. The van der Waals surface area contributed by atoms with Crippen LogP contribution in [0.5, 0.6) is 0 Å². The second kappa shape index (κ2) is 5.61. The fourth-order valence-electron chi connectivity index (χ4n) is 0.884. The average molecular weight is 161 g/mol. The summed E-state index contributed by atoms with van der Waals surface area (Å²) in [5.74, 6) is 0. The Balaban J connectivity index is 0.000000500. The molecule has 0 unspecified atom stereocenters. The maximum atomic E-state index is 4.10. The quantitative estimate of drug-likeness (QED) is 0.281. The average Bonchev–Trinajstić information content (AvgIpc) is 2.33. The minimum Gasteiger partial charge on any atom is -0.685 e. The second-order valence-electron chi connectivity index (χ2n) is 1.93. The van der Waals surface area contributed by atoms with Crippen LogP contribution in [0.15, 0.2) is 30.5 Å². The fraction of sp³-hybridized carbons (Fsp3) is 0. The first-order chi connectivity index (χ1) is 4.47. The Labute approximate surface area is 121 Å². The van der Waals surface area contributed by atoms with E-state index in [-0.39, 0.29) is 70.2 Å². The summed E-state index contributed by atoms with van der Waals surface area (Å²) >= 11 is 0. The summed E-state index contributed by atoms with van der Waals surface area (Å²) < 4.78 is 0. The van der Waals surface area contributed by atoms with Gasteiger partial charge in [0.1, 0.15) is 0 Å². The fourth-order valence-corrected chi connectivity index (χ4v) is 0.884. The van der Waals surface area contributed by atoms with Crippen molar-refractivity contribution < 1.29 is 70.2 Å². The molecular weight excluding hydrogens is 156 g/mol. The van der Waals surface area contributed by atoms with Gasteiger partial charge in [0.15, 0.2) is 0 Å². The van der Waals surface area contributed by atoms with Gasteiger partial charge in [-0.15, -0.1) is 6.07 Å². The van der Waals surface area contributed by atoms with Gasteiger partial charge >= 0.3 is 70.2 Å². The van der Waals surface area contributed by atoms with Crippen molar-refractivity contribution in [3.63, 3.8) is 0 Å². The molecule has 0 fully saturated rings. The van der Waals surface area contributed by atoms with Gasteiger partial charge in [0, 0.05) is 0 Å². The maximum absolute atomic E-state index is 4.10. The zero-order valence-corrected chi connectivity index (χ0v) is 9.96. The number of hydrogen-bond donors (Lipinski definition) is 0. The van der Waals surface area contributed by atoms with Crippen molar-refractivity contribution in [3.05, 3.63) is 36.5 Å². The number of benzene rings is 1. The predicted octanol–water partition coefficient (Wildman–Crippen LogP) is -4.39. The summed E-state index contributed by atoms with van der Waals surface area (Å²) in [5.41, 5.74) is 1.05. The Kier molecular flexibility index (Phi) is 6.11. The minimum absolute atomic E-state index is 0. The van der Waals surface area contributed by atoms with Crippen LogP contribution in [0.1, 0.15) is 0 Å². The van der Waals surface area contributed by atoms with Gasteiger partial charge in [-0.1, -0.05) is 0 Å². The Morgan fingerprint density at radius 3 is 2.82 bits per heavy atom. The van der Waals surface area contributed by atoms with Crippen LogP contribution >= 0.6 is 0 Å². The van der Waals surface area contributed by atoms with E-state index in [4.69, 9.17) is 0 Å². The normalized spacial score (nSPS) is 8.36. The van der Waals surface area contributed by atoms with E-state index in [0.29, 0.717) is 0 Å². The topological polar surface area (TPSA) is 14.1 Å².